The van der Waals surface area contributed by atoms with Crippen LogP contribution in [-0.2, 0) is 0 Å². The Hall–Kier alpha value is -0.490. The normalized spacial score (nSPS) is 22.2. The molecule has 0 radical (unpaired) electrons. The number of piperidine rings is 1. The van der Waals surface area contributed by atoms with Gasteiger partial charge < -0.3 is 10.6 Å². The third-order valence-corrected chi connectivity index (χ3v) is 4.71. The van der Waals surface area contributed by atoms with Crippen molar-refractivity contribution in [3.8, 4) is 0 Å². The van der Waals surface area contributed by atoms with E-state index in [-0.39, 0.29) is 11.9 Å². The topological polar surface area (TPSA) is 32.5 Å². The van der Waals surface area contributed by atoms with Crippen molar-refractivity contribution in [3.05, 3.63) is 34.1 Å². The highest BCUT2D eigenvalue weighted by Gasteiger charge is 2.28. The van der Waals surface area contributed by atoms with Gasteiger partial charge in [0.25, 0.3) is 0 Å². The molecular formula is C15H23BrFN3. The van der Waals surface area contributed by atoms with E-state index in [1.165, 1.54) is 12.5 Å². The number of nitrogens with two attached hydrogens (primary N) is 1. The Morgan fingerprint density at radius 3 is 2.90 bits per heavy atom. The summed E-state index contributed by atoms with van der Waals surface area (Å²) in [5.41, 5.74) is 6.61. The highest BCUT2D eigenvalue weighted by molar-refractivity contribution is 9.10. The first kappa shape index (κ1) is 15.9. The number of rotatable bonds is 4. The van der Waals surface area contributed by atoms with Crippen LogP contribution in [0.1, 0.15) is 24.4 Å². The van der Waals surface area contributed by atoms with E-state index in [0.717, 1.165) is 24.0 Å². The molecule has 5 heteroatoms. The number of hydrogen-bond donors (Lipinski definition) is 1. The van der Waals surface area contributed by atoms with Crippen molar-refractivity contribution < 1.29 is 4.39 Å². The first-order chi connectivity index (χ1) is 9.52. The fourth-order valence-corrected chi connectivity index (χ4v) is 3.34. The molecule has 1 fully saturated rings. The minimum atomic E-state index is -0.189. The van der Waals surface area contributed by atoms with Crippen molar-refractivity contribution in [2.24, 2.45) is 5.73 Å². The van der Waals surface area contributed by atoms with Gasteiger partial charge in [-0.3, -0.25) is 4.90 Å². The molecule has 0 amide bonds. The molecule has 112 valence electrons. The van der Waals surface area contributed by atoms with E-state index in [9.17, 15) is 4.39 Å². The maximum atomic E-state index is 14.2. The molecule has 1 aliphatic heterocycles. The summed E-state index contributed by atoms with van der Waals surface area (Å²) < 4.78 is 14.9. The zero-order chi connectivity index (χ0) is 14.7. The van der Waals surface area contributed by atoms with E-state index >= 15 is 0 Å². The fourth-order valence-electron chi connectivity index (χ4n) is 3.01. The Labute approximate surface area is 129 Å². The van der Waals surface area contributed by atoms with Crippen molar-refractivity contribution in [1.29, 1.82) is 0 Å². The number of benzene rings is 1. The molecule has 2 unspecified atom stereocenters. The van der Waals surface area contributed by atoms with Crippen LogP contribution in [0.4, 0.5) is 4.39 Å². The van der Waals surface area contributed by atoms with Crippen molar-refractivity contribution in [3.63, 3.8) is 0 Å². The van der Waals surface area contributed by atoms with Gasteiger partial charge >= 0.3 is 0 Å². The molecule has 1 heterocycles. The lowest BCUT2D eigenvalue weighted by Crippen LogP contribution is -2.47. The van der Waals surface area contributed by atoms with Crippen LogP contribution in [0.15, 0.2) is 22.7 Å². The smallest absolute Gasteiger partial charge is 0.129 e. The number of likely N-dealkylation sites (tertiary alicyclic amines) is 1. The van der Waals surface area contributed by atoms with Gasteiger partial charge in [-0.2, -0.15) is 0 Å². The molecule has 0 saturated carbocycles. The second kappa shape index (κ2) is 6.98. The molecule has 1 saturated heterocycles. The largest absolute Gasteiger partial charge is 0.329 e. The predicted octanol–water partition coefficient (Wildman–Crippen LogP) is 2.61. The molecule has 0 bridgehead atoms. The van der Waals surface area contributed by atoms with Crippen molar-refractivity contribution in [2.75, 3.05) is 33.7 Å². The van der Waals surface area contributed by atoms with Crippen LogP contribution in [0.3, 0.4) is 0 Å². The van der Waals surface area contributed by atoms with Gasteiger partial charge in [0, 0.05) is 35.2 Å². The second-order valence-electron chi connectivity index (χ2n) is 5.64. The van der Waals surface area contributed by atoms with Crippen LogP contribution in [0.5, 0.6) is 0 Å². The van der Waals surface area contributed by atoms with Gasteiger partial charge in [0.05, 0.1) is 0 Å². The number of halogens is 2. The van der Waals surface area contributed by atoms with Gasteiger partial charge in [-0.25, -0.2) is 4.39 Å². The standard InChI is InChI=1S/C15H23BrFN3/c1-19-7-3-4-12(10-19)20(2)15(9-18)13-6-5-11(16)8-14(13)17/h5-6,8,12,15H,3-4,7,9-10,18H2,1-2H3. The molecule has 1 aromatic carbocycles. The fraction of sp³-hybridized carbons (Fsp3) is 0.600. The lowest BCUT2D eigenvalue weighted by molar-refractivity contribution is 0.0996. The third kappa shape index (κ3) is 3.58. The van der Waals surface area contributed by atoms with E-state index in [2.05, 4.69) is 39.8 Å². The van der Waals surface area contributed by atoms with Crippen LogP contribution >= 0.6 is 15.9 Å². The summed E-state index contributed by atoms with van der Waals surface area (Å²) in [4.78, 5) is 4.57. The summed E-state index contributed by atoms with van der Waals surface area (Å²) in [6.07, 6.45) is 2.33. The number of likely N-dealkylation sites (N-methyl/N-ethyl adjacent to an activating group) is 2. The SMILES string of the molecule is CN1CCCC(N(C)C(CN)c2ccc(Br)cc2F)C1. The average Bonchev–Trinajstić information content (AvgIpc) is 2.41. The predicted molar refractivity (Wildman–Crippen MR) is 84.2 cm³/mol. The van der Waals surface area contributed by atoms with Crippen LogP contribution in [0.25, 0.3) is 0 Å². The lowest BCUT2D eigenvalue weighted by Gasteiger charge is -2.40. The Morgan fingerprint density at radius 1 is 1.55 bits per heavy atom. The molecule has 1 aliphatic rings. The van der Waals surface area contributed by atoms with Gasteiger partial charge in [-0.15, -0.1) is 0 Å². The zero-order valence-corrected chi connectivity index (χ0v) is 13.7. The molecule has 20 heavy (non-hydrogen) atoms. The molecular weight excluding hydrogens is 321 g/mol. The Bertz CT molecular complexity index is 455. The Morgan fingerprint density at radius 2 is 2.30 bits per heavy atom. The van der Waals surface area contributed by atoms with E-state index in [0.29, 0.717) is 18.2 Å². The molecule has 3 nitrogen and oxygen atoms in total. The monoisotopic (exact) mass is 343 g/mol. The minimum absolute atomic E-state index is 0.0698. The Kier molecular flexibility index (Phi) is 5.55. The highest BCUT2D eigenvalue weighted by atomic mass is 79.9. The average molecular weight is 344 g/mol. The van der Waals surface area contributed by atoms with Crippen molar-refractivity contribution in [1.82, 2.24) is 9.80 Å². The van der Waals surface area contributed by atoms with Gasteiger partial charge in [0.1, 0.15) is 5.82 Å². The molecule has 1 aromatic rings. The quantitative estimate of drug-likeness (QED) is 0.911. The maximum absolute atomic E-state index is 14.2. The van der Waals surface area contributed by atoms with Crippen LogP contribution < -0.4 is 5.73 Å². The highest BCUT2D eigenvalue weighted by Crippen LogP contribution is 2.27. The summed E-state index contributed by atoms with van der Waals surface area (Å²) in [5, 5.41) is 0. The summed E-state index contributed by atoms with van der Waals surface area (Å²) in [6, 6.07) is 5.59. The number of nitrogens with zero attached hydrogens (tertiary/aromatic N) is 2. The molecule has 0 aliphatic carbocycles. The second-order valence-corrected chi connectivity index (χ2v) is 6.56. The van der Waals surface area contributed by atoms with Crippen LogP contribution in [-0.4, -0.2) is 49.6 Å². The van der Waals surface area contributed by atoms with Gasteiger partial charge in [0.15, 0.2) is 0 Å². The zero-order valence-electron chi connectivity index (χ0n) is 12.1. The number of hydrogen-bond acceptors (Lipinski definition) is 3. The van der Waals surface area contributed by atoms with Crippen molar-refractivity contribution in [2.45, 2.75) is 24.9 Å². The summed E-state index contributed by atoms with van der Waals surface area (Å²) in [5.74, 6) is -0.189. The molecule has 2 atom stereocenters. The molecule has 2 rings (SSSR count). The van der Waals surface area contributed by atoms with E-state index in [1.807, 2.05) is 12.1 Å². The Balaban J connectivity index is 2.18. The summed E-state index contributed by atoms with van der Waals surface area (Å²) in [7, 11) is 4.19. The third-order valence-electron chi connectivity index (χ3n) is 4.21. The van der Waals surface area contributed by atoms with Gasteiger partial charge in [-0.1, -0.05) is 22.0 Å². The minimum Gasteiger partial charge on any atom is -0.329 e. The first-order valence-corrected chi connectivity index (χ1v) is 7.87. The molecule has 0 aromatic heterocycles. The molecule has 0 spiro atoms. The van der Waals surface area contributed by atoms with Crippen LogP contribution in [0.2, 0.25) is 0 Å². The summed E-state index contributed by atoms with van der Waals surface area (Å²) in [6.45, 7) is 2.59. The van der Waals surface area contributed by atoms with E-state index < -0.39 is 0 Å². The summed E-state index contributed by atoms with van der Waals surface area (Å²) >= 11 is 3.30. The lowest BCUT2D eigenvalue weighted by atomic mass is 9.99. The first-order valence-electron chi connectivity index (χ1n) is 7.08. The van der Waals surface area contributed by atoms with E-state index in [1.54, 1.807) is 0 Å². The maximum Gasteiger partial charge on any atom is 0.129 e. The molecule has 2 N–H and O–H groups in total. The van der Waals surface area contributed by atoms with Gasteiger partial charge in [0.2, 0.25) is 0 Å². The van der Waals surface area contributed by atoms with E-state index in [4.69, 9.17) is 5.73 Å². The van der Waals surface area contributed by atoms with Gasteiger partial charge in [-0.05, 0) is 45.6 Å². The van der Waals surface area contributed by atoms with Crippen LogP contribution in [0, 0.1) is 5.82 Å². The van der Waals surface area contributed by atoms with Crippen molar-refractivity contribution >= 4 is 15.9 Å².